The first-order valence-corrected chi connectivity index (χ1v) is 14.6. The van der Waals surface area contributed by atoms with Gasteiger partial charge in [-0.05, 0) is 42.5 Å². The minimum atomic E-state index is -3.21. The Kier molecular flexibility index (Phi) is 6.63. The van der Waals surface area contributed by atoms with Crippen LogP contribution in [0, 0.1) is 5.92 Å². The predicted molar refractivity (Wildman–Crippen MR) is 139 cm³/mol. The normalized spacial score (nSPS) is 26.5. The summed E-state index contributed by atoms with van der Waals surface area (Å²) in [6.45, 7) is 2.09. The summed E-state index contributed by atoms with van der Waals surface area (Å²) in [6, 6.07) is 12.8. The zero-order valence-electron chi connectivity index (χ0n) is 19.3. The van der Waals surface area contributed by atoms with Crippen LogP contribution in [0.4, 0.5) is 0 Å². The molecule has 184 valence electrons. The Hall–Kier alpha value is -2.43. The topological polar surface area (TPSA) is 87.9 Å². The van der Waals surface area contributed by atoms with E-state index in [-0.39, 0.29) is 36.4 Å². The van der Waals surface area contributed by atoms with Crippen LogP contribution in [0.15, 0.2) is 51.8 Å². The molecule has 3 heterocycles. The molecule has 0 radical (unpaired) electrons. The largest absolute Gasteiger partial charge is 0.464 e. The second-order valence-corrected chi connectivity index (χ2v) is 13.3. The van der Waals surface area contributed by atoms with Crippen LogP contribution in [-0.4, -0.2) is 58.4 Å². The number of sulfone groups is 1. The zero-order valence-corrected chi connectivity index (χ0v) is 21.7. The molecule has 0 bridgehead atoms. The Labute approximate surface area is 214 Å². The third-order valence-electron chi connectivity index (χ3n) is 6.72. The highest BCUT2D eigenvalue weighted by molar-refractivity contribution is 8.26. The van der Waals surface area contributed by atoms with E-state index in [4.69, 9.17) is 16.6 Å². The molecule has 1 aromatic heterocycles. The van der Waals surface area contributed by atoms with Crippen molar-refractivity contribution < 1.29 is 22.4 Å². The molecule has 1 aromatic carbocycles. The molecule has 5 rings (SSSR count). The fourth-order valence-corrected chi connectivity index (χ4v) is 7.56. The van der Waals surface area contributed by atoms with Crippen LogP contribution < -0.4 is 0 Å². The predicted octanol–water partition coefficient (Wildman–Crippen LogP) is 3.82. The summed E-state index contributed by atoms with van der Waals surface area (Å²) in [7, 11) is -3.21. The lowest BCUT2D eigenvalue weighted by molar-refractivity contribution is -0.137. The number of carbonyl (C=O) groups excluding carboxylic acids is 2. The van der Waals surface area contributed by atoms with Crippen molar-refractivity contribution in [1.29, 1.82) is 0 Å². The minimum Gasteiger partial charge on any atom is -0.464 e. The molecule has 7 nitrogen and oxygen atoms in total. The van der Waals surface area contributed by atoms with E-state index in [1.165, 1.54) is 4.90 Å². The second kappa shape index (κ2) is 9.55. The molecule has 3 fully saturated rings. The molecule has 1 aliphatic carbocycles. The number of furan rings is 1. The monoisotopic (exact) mass is 530 g/mol. The molecule has 2 amide bonds. The Morgan fingerprint density at radius 3 is 2.66 bits per heavy atom. The van der Waals surface area contributed by atoms with Crippen LogP contribution in [0.25, 0.3) is 6.08 Å². The fraction of sp³-hybridized carbons (Fsp3) is 0.400. The summed E-state index contributed by atoms with van der Waals surface area (Å²) in [5.74, 6) is 1.81. The molecule has 2 saturated heterocycles. The zero-order chi connectivity index (χ0) is 24.7. The summed E-state index contributed by atoms with van der Waals surface area (Å²) < 4.78 is 30.6. The Bertz CT molecular complexity index is 1300. The van der Waals surface area contributed by atoms with Crippen molar-refractivity contribution >= 4 is 56.0 Å². The molecular formula is C25H26N2O5S3. The van der Waals surface area contributed by atoms with Crippen molar-refractivity contribution in [3.8, 4) is 0 Å². The Morgan fingerprint density at radius 2 is 2.00 bits per heavy atom. The molecule has 10 heteroatoms. The Morgan fingerprint density at radius 1 is 1.26 bits per heavy atom. The van der Waals surface area contributed by atoms with Gasteiger partial charge in [-0.15, -0.1) is 0 Å². The van der Waals surface area contributed by atoms with E-state index < -0.39 is 15.9 Å². The van der Waals surface area contributed by atoms with Crippen molar-refractivity contribution in [3.63, 3.8) is 0 Å². The van der Waals surface area contributed by atoms with Gasteiger partial charge in [0, 0.05) is 12.0 Å². The highest BCUT2D eigenvalue weighted by Gasteiger charge is 2.40. The van der Waals surface area contributed by atoms with Crippen molar-refractivity contribution in [2.24, 2.45) is 5.92 Å². The quantitative estimate of drug-likeness (QED) is 0.397. The van der Waals surface area contributed by atoms with Gasteiger partial charge in [0.25, 0.3) is 5.91 Å². The van der Waals surface area contributed by atoms with E-state index in [0.29, 0.717) is 33.2 Å². The van der Waals surface area contributed by atoms with Crippen LogP contribution in [0.2, 0.25) is 0 Å². The lowest BCUT2D eigenvalue weighted by atomic mass is 10.2. The van der Waals surface area contributed by atoms with E-state index in [2.05, 4.69) is 6.92 Å². The number of rotatable bonds is 7. The third kappa shape index (κ3) is 5.39. The van der Waals surface area contributed by atoms with Crippen LogP contribution >= 0.6 is 24.0 Å². The standard InChI is InChI=1S/C25H26N2O5S3/c1-16-11-20(16)21-8-7-19(32-21)13-26(18-9-10-35(30,31)15-18)23(28)14-27-24(29)22(34-25(27)33)12-17-5-3-2-4-6-17/h2-8,12,16,18,20H,9-11,13-15H2,1H3/b22-12-. The number of hydrogen-bond acceptors (Lipinski definition) is 7. The lowest BCUT2D eigenvalue weighted by Crippen LogP contribution is -2.46. The van der Waals surface area contributed by atoms with Crippen LogP contribution in [-0.2, 0) is 26.0 Å². The number of benzene rings is 1. The lowest BCUT2D eigenvalue weighted by Gasteiger charge is -2.29. The summed E-state index contributed by atoms with van der Waals surface area (Å²) in [5, 5.41) is 0. The summed E-state index contributed by atoms with van der Waals surface area (Å²) in [6.07, 6.45) is 3.21. The van der Waals surface area contributed by atoms with Crippen molar-refractivity contribution in [2.45, 2.75) is 38.3 Å². The maximum atomic E-state index is 13.5. The maximum absolute atomic E-state index is 13.5. The van der Waals surface area contributed by atoms with Crippen LogP contribution in [0.3, 0.4) is 0 Å². The van der Waals surface area contributed by atoms with Crippen molar-refractivity contribution in [1.82, 2.24) is 9.80 Å². The SMILES string of the molecule is CC1CC1c1ccc(CN(C(=O)CN2C(=O)/C(=C/c3ccccc3)SC2=S)C2CCS(=O)(=O)C2)o1. The van der Waals surface area contributed by atoms with Gasteiger partial charge in [0.15, 0.2) is 9.84 Å². The number of nitrogens with zero attached hydrogens (tertiary/aromatic N) is 2. The number of carbonyl (C=O) groups is 2. The van der Waals surface area contributed by atoms with Crippen molar-refractivity contribution in [2.75, 3.05) is 18.1 Å². The van der Waals surface area contributed by atoms with Gasteiger partial charge in [0.2, 0.25) is 5.91 Å². The number of thiocarbonyl (C=S) groups is 1. The van der Waals surface area contributed by atoms with Gasteiger partial charge < -0.3 is 9.32 Å². The van der Waals surface area contributed by atoms with Gasteiger partial charge in [-0.1, -0.05) is 61.2 Å². The minimum absolute atomic E-state index is 0.0469. The van der Waals surface area contributed by atoms with Gasteiger partial charge in [-0.3, -0.25) is 14.5 Å². The van der Waals surface area contributed by atoms with Crippen LogP contribution in [0.5, 0.6) is 0 Å². The summed E-state index contributed by atoms with van der Waals surface area (Å²) in [4.78, 5) is 29.8. The van der Waals surface area contributed by atoms with E-state index >= 15 is 0 Å². The molecule has 3 unspecified atom stereocenters. The van der Waals surface area contributed by atoms with E-state index in [0.717, 1.165) is 29.5 Å². The molecule has 1 saturated carbocycles. The highest BCUT2D eigenvalue weighted by Crippen LogP contribution is 2.47. The van der Waals surface area contributed by atoms with Gasteiger partial charge >= 0.3 is 0 Å². The molecular weight excluding hydrogens is 504 g/mol. The average molecular weight is 531 g/mol. The molecule has 0 N–H and O–H groups in total. The molecule has 35 heavy (non-hydrogen) atoms. The fourth-order valence-electron chi connectivity index (χ4n) is 4.57. The van der Waals surface area contributed by atoms with E-state index in [1.807, 2.05) is 42.5 Å². The molecule has 3 aliphatic rings. The molecule has 3 atom stereocenters. The van der Waals surface area contributed by atoms with E-state index in [9.17, 15) is 18.0 Å². The maximum Gasteiger partial charge on any atom is 0.266 e. The first-order chi connectivity index (χ1) is 16.7. The smallest absolute Gasteiger partial charge is 0.266 e. The second-order valence-electron chi connectivity index (χ2n) is 9.38. The first-order valence-electron chi connectivity index (χ1n) is 11.6. The number of amides is 2. The Balaban J connectivity index is 1.33. The summed E-state index contributed by atoms with van der Waals surface area (Å²) in [5.41, 5.74) is 0.871. The third-order valence-corrected chi connectivity index (χ3v) is 9.85. The first kappa shape index (κ1) is 24.3. The average Bonchev–Trinajstić information content (AvgIpc) is 3.11. The van der Waals surface area contributed by atoms with Gasteiger partial charge in [-0.2, -0.15) is 0 Å². The van der Waals surface area contributed by atoms with Crippen LogP contribution in [0.1, 0.15) is 42.8 Å². The molecule has 2 aromatic rings. The number of hydrogen-bond donors (Lipinski definition) is 0. The summed E-state index contributed by atoms with van der Waals surface area (Å²) >= 11 is 6.57. The van der Waals surface area contributed by atoms with Gasteiger partial charge in [0.1, 0.15) is 22.4 Å². The van der Waals surface area contributed by atoms with Gasteiger partial charge in [-0.25, -0.2) is 8.42 Å². The van der Waals surface area contributed by atoms with Gasteiger partial charge in [0.05, 0.1) is 23.0 Å². The highest BCUT2D eigenvalue weighted by atomic mass is 32.2. The molecule has 0 spiro atoms. The van der Waals surface area contributed by atoms with Crippen molar-refractivity contribution in [3.05, 3.63) is 64.5 Å². The molecule has 2 aliphatic heterocycles. The van der Waals surface area contributed by atoms with E-state index in [1.54, 1.807) is 11.0 Å². The number of thioether (sulfide) groups is 1.